The fourth-order valence-electron chi connectivity index (χ4n) is 1.53. The van der Waals surface area contributed by atoms with Crippen molar-refractivity contribution < 1.29 is 0 Å². The van der Waals surface area contributed by atoms with Gasteiger partial charge in [0.25, 0.3) is 0 Å². The fraction of sp³-hybridized carbons (Fsp3) is 0.167. The molecule has 0 bridgehead atoms. The van der Waals surface area contributed by atoms with Gasteiger partial charge in [0.1, 0.15) is 0 Å². The molecule has 1 aliphatic heterocycles. The van der Waals surface area contributed by atoms with Crippen molar-refractivity contribution in [1.82, 2.24) is 0 Å². The van der Waals surface area contributed by atoms with Crippen molar-refractivity contribution in [3.63, 3.8) is 0 Å². The molecule has 1 aromatic rings. The molecule has 1 N–H and O–H groups in total. The Kier molecular flexibility index (Phi) is 2.17. The molecule has 66 valence electrons. The highest BCUT2D eigenvalue weighted by molar-refractivity contribution is 5.68. The van der Waals surface area contributed by atoms with Crippen LogP contribution in [0.25, 0.3) is 6.08 Å². The Bertz CT molecular complexity index is 339. The first-order chi connectivity index (χ1) is 6.40. The van der Waals surface area contributed by atoms with Gasteiger partial charge in [-0.1, -0.05) is 36.4 Å². The lowest BCUT2D eigenvalue weighted by molar-refractivity contribution is 0.904. The van der Waals surface area contributed by atoms with Crippen LogP contribution in [0.15, 0.2) is 43.0 Å². The van der Waals surface area contributed by atoms with Crippen LogP contribution < -0.4 is 5.32 Å². The lowest BCUT2D eigenvalue weighted by Gasteiger charge is -2.13. The van der Waals surface area contributed by atoms with Crippen LogP contribution in [-0.2, 0) is 0 Å². The predicted octanol–water partition coefficient (Wildman–Crippen LogP) is 3.07. The Hall–Kier alpha value is -1.50. The molecule has 1 heteroatoms. The van der Waals surface area contributed by atoms with E-state index in [1.807, 2.05) is 12.1 Å². The van der Waals surface area contributed by atoms with Crippen LogP contribution in [0.4, 0.5) is 5.69 Å². The van der Waals surface area contributed by atoms with Gasteiger partial charge in [-0.15, -0.1) is 6.58 Å². The van der Waals surface area contributed by atoms with Crippen LogP contribution in [0.1, 0.15) is 12.0 Å². The zero-order chi connectivity index (χ0) is 9.10. The van der Waals surface area contributed by atoms with Gasteiger partial charge < -0.3 is 5.32 Å². The Morgan fingerprint density at radius 2 is 2.23 bits per heavy atom. The van der Waals surface area contributed by atoms with Crippen LogP contribution in [0.2, 0.25) is 0 Å². The first kappa shape index (κ1) is 8.11. The number of nitrogens with one attached hydrogen (secondary N) is 1. The summed E-state index contributed by atoms with van der Waals surface area (Å²) in [6.07, 6.45) is 7.31. The Labute approximate surface area is 78.8 Å². The smallest absolute Gasteiger partial charge is 0.0476 e. The second-order valence-corrected chi connectivity index (χ2v) is 3.21. The largest absolute Gasteiger partial charge is 0.378 e. The summed E-state index contributed by atoms with van der Waals surface area (Å²) in [6.45, 7) is 3.80. The highest BCUT2D eigenvalue weighted by Gasteiger charge is 2.07. The minimum Gasteiger partial charge on any atom is -0.378 e. The van der Waals surface area contributed by atoms with E-state index in [1.165, 1.54) is 11.3 Å². The van der Waals surface area contributed by atoms with Gasteiger partial charge in [-0.2, -0.15) is 0 Å². The first-order valence-electron chi connectivity index (χ1n) is 4.55. The summed E-state index contributed by atoms with van der Waals surface area (Å²) in [6, 6.07) is 8.68. The zero-order valence-electron chi connectivity index (χ0n) is 7.53. The van der Waals surface area contributed by atoms with Gasteiger partial charge in [0.15, 0.2) is 0 Å². The number of rotatable bonds is 1. The van der Waals surface area contributed by atoms with Gasteiger partial charge in [-0.25, -0.2) is 0 Å². The van der Waals surface area contributed by atoms with E-state index in [2.05, 4.69) is 42.2 Å². The Morgan fingerprint density at radius 3 is 3.08 bits per heavy atom. The van der Waals surface area contributed by atoms with Gasteiger partial charge in [0, 0.05) is 11.7 Å². The Morgan fingerprint density at radius 1 is 1.38 bits per heavy atom. The average Bonchev–Trinajstić information content (AvgIpc) is 2.38. The maximum atomic E-state index is 3.80. The summed E-state index contributed by atoms with van der Waals surface area (Å²) < 4.78 is 0. The number of fused-ring (bicyclic) bond motifs is 1. The van der Waals surface area contributed by atoms with Crippen molar-refractivity contribution in [2.75, 3.05) is 5.32 Å². The third kappa shape index (κ3) is 1.64. The molecule has 0 aromatic heterocycles. The van der Waals surface area contributed by atoms with Crippen LogP contribution in [0.3, 0.4) is 0 Å². The molecule has 2 rings (SSSR count). The molecule has 0 spiro atoms. The van der Waals surface area contributed by atoms with Crippen LogP contribution in [-0.4, -0.2) is 6.04 Å². The molecular formula is C12H13N. The molecule has 1 atom stereocenters. The van der Waals surface area contributed by atoms with Crippen molar-refractivity contribution in [3.8, 4) is 0 Å². The summed E-state index contributed by atoms with van der Waals surface area (Å²) >= 11 is 0. The lowest BCUT2D eigenvalue weighted by Crippen LogP contribution is -2.14. The van der Waals surface area contributed by atoms with E-state index in [4.69, 9.17) is 0 Å². The molecule has 0 radical (unpaired) electrons. The number of hydrogen-bond donors (Lipinski definition) is 1. The number of anilines is 1. The first-order valence-corrected chi connectivity index (χ1v) is 4.55. The summed E-state index contributed by atoms with van der Waals surface area (Å²) in [5.41, 5.74) is 2.45. The van der Waals surface area contributed by atoms with Gasteiger partial charge in [0.05, 0.1) is 0 Å². The highest BCUT2D eigenvalue weighted by atomic mass is 14.9. The van der Waals surface area contributed by atoms with Crippen LogP contribution >= 0.6 is 0 Å². The zero-order valence-corrected chi connectivity index (χ0v) is 7.53. The van der Waals surface area contributed by atoms with Crippen molar-refractivity contribution in [2.45, 2.75) is 12.5 Å². The van der Waals surface area contributed by atoms with E-state index in [9.17, 15) is 0 Å². The SMILES string of the molecule is C=C[C@H]1CC=Cc2ccccc2N1. The van der Waals surface area contributed by atoms with E-state index in [-0.39, 0.29) is 0 Å². The topological polar surface area (TPSA) is 12.0 Å². The van der Waals surface area contributed by atoms with Gasteiger partial charge in [0.2, 0.25) is 0 Å². The van der Waals surface area contributed by atoms with E-state index in [1.54, 1.807) is 0 Å². The van der Waals surface area contributed by atoms with Gasteiger partial charge in [-0.3, -0.25) is 0 Å². The molecule has 1 heterocycles. The molecule has 0 fully saturated rings. The van der Waals surface area contributed by atoms with Gasteiger partial charge >= 0.3 is 0 Å². The maximum absolute atomic E-state index is 3.80. The van der Waals surface area contributed by atoms with E-state index in [0.717, 1.165) is 6.42 Å². The van der Waals surface area contributed by atoms with Crippen molar-refractivity contribution in [2.24, 2.45) is 0 Å². The lowest BCUT2D eigenvalue weighted by atomic mass is 10.2. The van der Waals surface area contributed by atoms with E-state index in [0.29, 0.717) is 6.04 Å². The quantitative estimate of drug-likeness (QED) is 0.640. The molecule has 0 aliphatic carbocycles. The molecule has 0 amide bonds. The minimum absolute atomic E-state index is 0.361. The molecule has 13 heavy (non-hydrogen) atoms. The minimum atomic E-state index is 0.361. The molecule has 0 unspecified atom stereocenters. The summed E-state index contributed by atoms with van der Waals surface area (Å²) in [7, 11) is 0. The monoisotopic (exact) mass is 171 g/mol. The third-order valence-electron chi connectivity index (χ3n) is 2.27. The highest BCUT2D eigenvalue weighted by Crippen LogP contribution is 2.21. The van der Waals surface area contributed by atoms with E-state index >= 15 is 0 Å². The molecule has 1 aliphatic rings. The summed E-state index contributed by atoms with van der Waals surface area (Å²) in [4.78, 5) is 0. The predicted molar refractivity (Wildman–Crippen MR) is 57.7 cm³/mol. The average molecular weight is 171 g/mol. The molecule has 1 nitrogen and oxygen atoms in total. The van der Waals surface area contributed by atoms with Crippen molar-refractivity contribution in [3.05, 3.63) is 48.6 Å². The number of para-hydroxylation sites is 1. The molecule has 0 saturated carbocycles. The number of benzene rings is 1. The normalized spacial score (nSPS) is 19.8. The fourth-order valence-corrected chi connectivity index (χ4v) is 1.53. The molecule has 0 saturated heterocycles. The summed E-state index contributed by atoms with van der Waals surface area (Å²) in [5, 5.41) is 3.43. The van der Waals surface area contributed by atoms with Gasteiger partial charge in [-0.05, 0) is 18.1 Å². The second-order valence-electron chi connectivity index (χ2n) is 3.21. The van der Waals surface area contributed by atoms with Crippen LogP contribution in [0.5, 0.6) is 0 Å². The standard InChI is InChI=1S/C12H13N/c1-2-11-8-5-7-10-6-3-4-9-12(10)13-11/h2-7,9,11,13H,1,8H2/t11-/m0/s1. The molecule has 1 aromatic carbocycles. The molecular weight excluding hydrogens is 158 g/mol. The maximum Gasteiger partial charge on any atom is 0.0476 e. The van der Waals surface area contributed by atoms with Crippen LogP contribution in [0, 0.1) is 0 Å². The third-order valence-corrected chi connectivity index (χ3v) is 2.27. The van der Waals surface area contributed by atoms with Crippen molar-refractivity contribution >= 4 is 11.8 Å². The summed E-state index contributed by atoms with van der Waals surface area (Å²) in [5.74, 6) is 0. The second kappa shape index (κ2) is 3.48. The van der Waals surface area contributed by atoms with E-state index < -0.39 is 0 Å². The number of hydrogen-bond acceptors (Lipinski definition) is 1. The van der Waals surface area contributed by atoms with Crippen molar-refractivity contribution in [1.29, 1.82) is 0 Å². The Balaban J connectivity index is 2.37.